The molecule has 6 heteroatoms. The van der Waals surface area contributed by atoms with Gasteiger partial charge in [0.05, 0.1) is 5.69 Å². The van der Waals surface area contributed by atoms with Gasteiger partial charge in [0, 0.05) is 17.1 Å². The Bertz CT molecular complexity index is 1360. The Hall–Kier alpha value is -3.51. The molecule has 0 aliphatic carbocycles. The van der Waals surface area contributed by atoms with Crippen molar-refractivity contribution in [3.8, 4) is 5.69 Å². The number of thiocarbonyl (C=S) groups is 1. The average molecular weight is 458 g/mol. The first-order chi connectivity index (χ1) is 15.6. The summed E-state index contributed by atoms with van der Waals surface area (Å²) in [5, 5.41) is 2.77. The zero-order valence-corrected chi connectivity index (χ0v) is 20.6. The third kappa shape index (κ3) is 3.91. The van der Waals surface area contributed by atoms with E-state index in [1.165, 1.54) is 16.0 Å². The lowest BCUT2D eigenvalue weighted by molar-refractivity contribution is -0.122. The van der Waals surface area contributed by atoms with Gasteiger partial charge in [0.25, 0.3) is 11.8 Å². The molecule has 2 heterocycles. The molecular weight excluding hydrogens is 430 g/mol. The number of aromatic nitrogens is 1. The Morgan fingerprint density at radius 3 is 2.30 bits per heavy atom. The summed E-state index contributed by atoms with van der Waals surface area (Å²) in [4.78, 5) is 27.7. The molecule has 0 radical (unpaired) electrons. The smallest absolute Gasteiger partial charge is 0.270 e. The molecule has 0 spiro atoms. The van der Waals surface area contributed by atoms with E-state index < -0.39 is 11.8 Å². The fraction of sp³-hybridized carbons (Fsp3) is 0.222. The number of amides is 2. The molecule has 2 amide bonds. The van der Waals surface area contributed by atoms with Crippen molar-refractivity contribution >= 4 is 40.9 Å². The van der Waals surface area contributed by atoms with E-state index in [0.29, 0.717) is 5.69 Å². The second-order valence-corrected chi connectivity index (χ2v) is 9.02. The standard InChI is InChI=1S/C27H27N3O2S/c1-15-10-11-23(17(3)12-15)30-26(32)22(25(31)28-27(30)33)14-21-13-18(4)29(20(21)6)24-9-7-8-16(2)19(24)5/h7-14H,1-6H3,(H,28,31,33)/b22-14+. The van der Waals surface area contributed by atoms with E-state index in [1.807, 2.05) is 58.0 Å². The van der Waals surface area contributed by atoms with Gasteiger partial charge in [0.15, 0.2) is 5.11 Å². The van der Waals surface area contributed by atoms with Crippen molar-refractivity contribution in [1.29, 1.82) is 0 Å². The molecule has 1 fully saturated rings. The number of carbonyl (C=O) groups is 2. The minimum atomic E-state index is -0.484. The highest BCUT2D eigenvalue weighted by Crippen LogP contribution is 2.29. The first kappa shape index (κ1) is 22.7. The summed E-state index contributed by atoms with van der Waals surface area (Å²) in [6.45, 7) is 12.1. The zero-order valence-electron chi connectivity index (χ0n) is 19.7. The fourth-order valence-corrected chi connectivity index (χ4v) is 4.64. The van der Waals surface area contributed by atoms with Gasteiger partial charge < -0.3 is 4.57 Å². The molecule has 0 bridgehead atoms. The van der Waals surface area contributed by atoms with Crippen molar-refractivity contribution in [2.24, 2.45) is 0 Å². The Balaban J connectivity index is 1.80. The molecule has 1 aliphatic heterocycles. The van der Waals surface area contributed by atoms with Gasteiger partial charge in [-0.25, -0.2) is 0 Å². The number of carbonyl (C=O) groups excluding carboxylic acids is 2. The van der Waals surface area contributed by atoms with Crippen LogP contribution < -0.4 is 10.2 Å². The quantitative estimate of drug-likeness (QED) is 0.336. The molecule has 2 aromatic carbocycles. The van der Waals surface area contributed by atoms with Crippen LogP contribution in [-0.4, -0.2) is 21.5 Å². The number of anilines is 1. The molecule has 0 saturated carbocycles. The summed E-state index contributed by atoms with van der Waals surface area (Å²) in [7, 11) is 0. The largest absolute Gasteiger partial charge is 0.318 e. The van der Waals surface area contributed by atoms with Crippen LogP contribution in [0.5, 0.6) is 0 Å². The van der Waals surface area contributed by atoms with Crippen molar-refractivity contribution < 1.29 is 9.59 Å². The molecule has 3 aromatic rings. The third-order valence-electron chi connectivity index (χ3n) is 6.28. The second kappa shape index (κ2) is 8.45. The predicted molar refractivity (Wildman–Crippen MR) is 137 cm³/mol. The summed E-state index contributed by atoms with van der Waals surface area (Å²) in [6.07, 6.45) is 1.67. The van der Waals surface area contributed by atoms with E-state index in [1.54, 1.807) is 6.08 Å². The summed E-state index contributed by atoms with van der Waals surface area (Å²) < 4.78 is 2.16. The van der Waals surface area contributed by atoms with Gasteiger partial charge in [0.2, 0.25) is 0 Å². The van der Waals surface area contributed by atoms with Gasteiger partial charge in [-0.15, -0.1) is 0 Å². The zero-order chi connectivity index (χ0) is 24.0. The van der Waals surface area contributed by atoms with Crippen LogP contribution in [0.4, 0.5) is 5.69 Å². The summed E-state index contributed by atoms with van der Waals surface area (Å²) in [5.74, 6) is -0.908. The van der Waals surface area contributed by atoms with Crippen LogP contribution >= 0.6 is 12.2 Å². The fourth-order valence-electron chi connectivity index (χ4n) is 4.37. The van der Waals surface area contributed by atoms with Crippen LogP contribution in [0.15, 0.2) is 48.0 Å². The molecular formula is C27H27N3O2S. The van der Waals surface area contributed by atoms with Crippen molar-refractivity contribution in [3.05, 3.63) is 87.2 Å². The van der Waals surface area contributed by atoms with Gasteiger partial charge in [-0.3, -0.25) is 19.8 Å². The van der Waals surface area contributed by atoms with Crippen molar-refractivity contribution in [3.63, 3.8) is 0 Å². The molecule has 5 nitrogen and oxygen atoms in total. The van der Waals surface area contributed by atoms with Crippen LogP contribution in [0.25, 0.3) is 11.8 Å². The van der Waals surface area contributed by atoms with Crippen LogP contribution in [0.1, 0.15) is 39.2 Å². The Morgan fingerprint density at radius 2 is 1.61 bits per heavy atom. The maximum absolute atomic E-state index is 13.5. The molecule has 4 rings (SSSR count). The topological polar surface area (TPSA) is 54.3 Å². The normalized spacial score (nSPS) is 15.4. The monoisotopic (exact) mass is 457 g/mol. The van der Waals surface area contributed by atoms with E-state index in [-0.39, 0.29) is 10.7 Å². The molecule has 1 aliphatic rings. The van der Waals surface area contributed by atoms with E-state index in [0.717, 1.165) is 33.8 Å². The number of benzene rings is 2. The van der Waals surface area contributed by atoms with Crippen molar-refractivity contribution in [2.45, 2.75) is 41.5 Å². The van der Waals surface area contributed by atoms with Crippen LogP contribution in [0, 0.1) is 41.5 Å². The summed E-state index contributed by atoms with van der Waals surface area (Å²) >= 11 is 5.36. The van der Waals surface area contributed by atoms with Crippen LogP contribution in [0.2, 0.25) is 0 Å². The van der Waals surface area contributed by atoms with Crippen LogP contribution in [-0.2, 0) is 9.59 Å². The van der Waals surface area contributed by atoms with E-state index >= 15 is 0 Å². The first-order valence-corrected chi connectivity index (χ1v) is 11.2. The molecule has 168 valence electrons. The number of nitrogens with one attached hydrogen (secondary N) is 1. The Kier molecular flexibility index (Phi) is 5.80. The lowest BCUT2D eigenvalue weighted by atomic mass is 10.0. The highest BCUT2D eigenvalue weighted by Gasteiger charge is 2.35. The molecule has 1 saturated heterocycles. The SMILES string of the molecule is Cc1ccc(N2C(=O)/C(=C/c3cc(C)n(-c4cccc(C)c4C)c3C)C(=O)NC2=S)c(C)c1. The van der Waals surface area contributed by atoms with Crippen molar-refractivity contribution in [2.75, 3.05) is 4.90 Å². The predicted octanol–water partition coefficient (Wildman–Crippen LogP) is 5.16. The molecule has 1 aromatic heterocycles. The Morgan fingerprint density at radius 1 is 0.879 bits per heavy atom. The number of hydrogen-bond donors (Lipinski definition) is 1. The number of aryl methyl sites for hydroxylation is 4. The minimum absolute atomic E-state index is 0.0600. The minimum Gasteiger partial charge on any atom is -0.318 e. The van der Waals surface area contributed by atoms with E-state index in [2.05, 4.69) is 35.9 Å². The van der Waals surface area contributed by atoms with Gasteiger partial charge in [-0.05, 0) is 100 Å². The van der Waals surface area contributed by atoms with Gasteiger partial charge in [0.1, 0.15) is 5.57 Å². The second-order valence-electron chi connectivity index (χ2n) is 8.63. The third-order valence-corrected chi connectivity index (χ3v) is 6.57. The number of nitrogens with zero attached hydrogens (tertiary/aromatic N) is 2. The van der Waals surface area contributed by atoms with Crippen LogP contribution in [0.3, 0.4) is 0 Å². The summed E-state index contributed by atoms with van der Waals surface area (Å²) in [6, 6.07) is 14.0. The Labute approximate surface area is 199 Å². The van der Waals surface area contributed by atoms with Gasteiger partial charge in [-0.2, -0.15) is 0 Å². The average Bonchev–Trinajstić information content (AvgIpc) is 3.02. The highest BCUT2D eigenvalue weighted by atomic mass is 32.1. The lowest BCUT2D eigenvalue weighted by Gasteiger charge is -2.30. The molecule has 0 unspecified atom stereocenters. The van der Waals surface area contributed by atoms with E-state index in [9.17, 15) is 9.59 Å². The lowest BCUT2D eigenvalue weighted by Crippen LogP contribution is -2.54. The first-order valence-electron chi connectivity index (χ1n) is 10.8. The highest BCUT2D eigenvalue weighted by molar-refractivity contribution is 7.80. The van der Waals surface area contributed by atoms with Gasteiger partial charge >= 0.3 is 0 Å². The number of hydrogen-bond acceptors (Lipinski definition) is 3. The maximum Gasteiger partial charge on any atom is 0.270 e. The summed E-state index contributed by atoms with van der Waals surface area (Å²) in [5.41, 5.74) is 9.02. The number of rotatable bonds is 3. The molecule has 0 atom stereocenters. The van der Waals surface area contributed by atoms with Crippen molar-refractivity contribution in [1.82, 2.24) is 9.88 Å². The maximum atomic E-state index is 13.5. The molecule has 1 N–H and O–H groups in total. The van der Waals surface area contributed by atoms with E-state index in [4.69, 9.17) is 12.2 Å². The van der Waals surface area contributed by atoms with Gasteiger partial charge in [-0.1, -0.05) is 29.8 Å². The molecule has 33 heavy (non-hydrogen) atoms.